The fraction of sp³-hybridized carbons (Fsp3) is 0.440. The van der Waals surface area contributed by atoms with Crippen LogP contribution in [-0.2, 0) is 9.53 Å². The monoisotopic (exact) mass is 443 g/mol. The van der Waals surface area contributed by atoms with E-state index < -0.39 is 0 Å². The van der Waals surface area contributed by atoms with Gasteiger partial charge in [0.2, 0.25) is 5.91 Å². The number of nitrogens with zero attached hydrogens (tertiary/aromatic N) is 2. The van der Waals surface area contributed by atoms with E-state index in [0.717, 1.165) is 43.7 Å². The molecule has 3 rings (SSSR count). The van der Waals surface area contributed by atoms with Gasteiger partial charge >= 0.3 is 0 Å². The van der Waals surface area contributed by atoms with Crippen LogP contribution in [0.4, 0.5) is 0 Å². The minimum absolute atomic E-state index is 0.0128. The van der Waals surface area contributed by atoms with Crippen LogP contribution >= 0.6 is 11.6 Å². The third kappa shape index (κ3) is 8.09. The van der Waals surface area contributed by atoms with Crippen molar-refractivity contribution in [1.82, 2.24) is 15.2 Å². The Bertz CT molecular complexity index is 775. The van der Waals surface area contributed by atoms with Crippen molar-refractivity contribution in [2.75, 3.05) is 32.8 Å². The summed E-state index contributed by atoms with van der Waals surface area (Å²) in [6, 6.07) is 13.0. The first-order chi connectivity index (χ1) is 15.2. The van der Waals surface area contributed by atoms with E-state index in [4.69, 9.17) is 16.3 Å². The number of carbonyl (C=O) groups excluding carboxylic acids is 1. The number of carbonyl (C=O) groups is 1. The molecule has 0 bridgehead atoms. The van der Waals surface area contributed by atoms with Crippen LogP contribution in [0, 0.1) is 5.92 Å². The third-order valence-electron chi connectivity index (χ3n) is 5.22. The summed E-state index contributed by atoms with van der Waals surface area (Å²) in [6.07, 6.45) is 5.21. The summed E-state index contributed by atoms with van der Waals surface area (Å²) in [5, 5.41) is 3.89. The molecule has 5 nitrogen and oxygen atoms in total. The normalized spacial score (nSPS) is 15.5. The smallest absolute Gasteiger partial charge is 0.224 e. The zero-order chi connectivity index (χ0) is 22.5. The van der Waals surface area contributed by atoms with Gasteiger partial charge in [0.05, 0.1) is 24.9 Å². The van der Waals surface area contributed by atoms with Gasteiger partial charge in [-0.25, -0.2) is 0 Å². The molecule has 1 amide bonds. The summed E-state index contributed by atoms with van der Waals surface area (Å²) >= 11 is 6.04. The second-order valence-electron chi connectivity index (χ2n) is 7.23. The number of halogens is 1. The van der Waals surface area contributed by atoms with Crippen molar-refractivity contribution >= 4 is 17.5 Å². The number of hydrogen-bond donors (Lipinski definition) is 1. The molecule has 1 aliphatic heterocycles. The molecule has 0 radical (unpaired) electrons. The molecule has 2 aromatic rings. The molecule has 1 aromatic carbocycles. The van der Waals surface area contributed by atoms with E-state index in [1.807, 2.05) is 56.3 Å². The highest BCUT2D eigenvalue weighted by Crippen LogP contribution is 2.24. The predicted molar refractivity (Wildman–Crippen MR) is 127 cm³/mol. The number of aromatic nitrogens is 1. The minimum Gasteiger partial charge on any atom is -0.376 e. The standard InChI is InChI=1S/C23H28ClN3O2.C2H6/c1-2-16-29-17-15-27-13-10-19(11-14-27)23(28)26-22(21-5-3-4-12-25-21)18-6-8-20(24)9-7-18;1-2/h2-9,12,19,22H,1,10-11,13-17H2,(H,26,28);1-2H3. The molecule has 2 heterocycles. The van der Waals surface area contributed by atoms with Gasteiger partial charge in [0.25, 0.3) is 0 Å². The van der Waals surface area contributed by atoms with E-state index in [1.165, 1.54) is 0 Å². The number of pyridine rings is 1. The van der Waals surface area contributed by atoms with Crippen molar-refractivity contribution in [3.8, 4) is 0 Å². The van der Waals surface area contributed by atoms with E-state index in [1.54, 1.807) is 12.3 Å². The quantitative estimate of drug-likeness (QED) is 0.443. The summed E-state index contributed by atoms with van der Waals surface area (Å²) in [4.78, 5) is 19.8. The lowest BCUT2D eigenvalue weighted by atomic mass is 9.94. The summed E-state index contributed by atoms with van der Waals surface area (Å²) in [6.45, 7) is 11.6. The topological polar surface area (TPSA) is 54.5 Å². The number of piperidine rings is 1. The van der Waals surface area contributed by atoms with Gasteiger partial charge in [0.15, 0.2) is 0 Å². The number of hydrogen-bond acceptors (Lipinski definition) is 4. The number of rotatable bonds is 9. The second kappa shape index (κ2) is 14.0. The Morgan fingerprint density at radius 3 is 2.58 bits per heavy atom. The van der Waals surface area contributed by atoms with Crippen molar-refractivity contribution < 1.29 is 9.53 Å². The first-order valence-electron chi connectivity index (χ1n) is 11.0. The molecule has 1 atom stereocenters. The molecule has 1 saturated heterocycles. The highest BCUT2D eigenvalue weighted by molar-refractivity contribution is 6.30. The average Bonchev–Trinajstić information content (AvgIpc) is 2.83. The van der Waals surface area contributed by atoms with Gasteiger partial charge in [-0.15, -0.1) is 6.58 Å². The van der Waals surface area contributed by atoms with Gasteiger partial charge in [-0.1, -0.05) is 49.7 Å². The maximum atomic E-state index is 13.0. The Kier molecular flexibility index (Phi) is 11.3. The SMILES string of the molecule is C=CCOCCN1CCC(C(=O)NC(c2ccc(Cl)cc2)c2ccccn2)CC1.CC. The van der Waals surface area contributed by atoms with Crippen LogP contribution in [-0.4, -0.2) is 48.6 Å². The van der Waals surface area contributed by atoms with Crippen LogP contribution in [0.15, 0.2) is 61.3 Å². The number of nitrogens with one attached hydrogen (secondary N) is 1. The van der Waals surface area contributed by atoms with Crippen molar-refractivity contribution in [3.05, 3.63) is 77.6 Å². The Morgan fingerprint density at radius 1 is 1.26 bits per heavy atom. The van der Waals surface area contributed by atoms with Gasteiger partial charge in [0.1, 0.15) is 0 Å². The molecule has 31 heavy (non-hydrogen) atoms. The Morgan fingerprint density at radius 2 is 1.97 bits per heavy atom. The van der Waals surface area contributed by atoms with E-state index in [-0.39, 0.29) is 17.9 Å². The maximum absolute atomic E-state index is 13.0. The molecule has 6 heteroatoms. The van der Waals surface area contributed by atoms with Gasteiger partial charge in [0, 0.05) is 23.7 Å². The molecule has 1 N–H and O–H groups in total. The lowest BCUT2D eigenvalue weighted by molar-refractivity contribution is -0.127. The lowest BCUT2D eigenvalue weighted by Crippen LogP contribution is -2.42. The van der Waals surface area contributed by atoms with Gasteiger partial charge in [-0.05, 0) is 55.8 Å². The molecule has 1 aliphatic rings. The third-order valence-corrected chi connectivity index (χ3v) is 5.47. The van der Waals surface area contributed by atoms with Crippen LogP contribution in [0.3, 0.4) is 0 Å². The number of benzene rings is 1. The molecule has 1 unspecified atom stereocenters. The minimum atomic E-state index is -0.286. The van der Waals surface area contributed by atoms with Gasteiger partial charge in [-0.3, -0.25) is 9.78 Å². The molecular weight excluding hydrogens is 410 g/mol. The Balaban J connectivity index is 0.00000166. The molecule has 0 spiro atoms. The summed E-state index contributed by atoms with van der Waals surface area (Å²) in [7, 11) is 0. The first-order valence-corrected chi connectivity index (χ1v) is 11.4. The van der Waals surface area contributed by atoms with Crippen LogP contribution in [0.25, 0.3) is 0 Å². The molecule has 168 valence electrons. The number of amides is 1. The fourth-order valence-electron chi connectivity index (χ4n) is 3.57. The molecular formula is C25H34ClN3O2. The van der Waals surface area contributed by atoms with Crippen LogP contribution < -0.4 is 5.32 Å². The predicted octanol–water partition coefficient (Wildman–Crippen LogP) is 4.88. The van der Waals surface area contributed by atoms with Crippen molar-refractivity contribution in [2.45, 2.75) is 32.7 Å². The Hall–Kier alpha value is -2.21. The maximum Gasteiger partial charge on any atom is 0.224 e. The summed E-state index contributed by atoms with van der Waals surface area (Å²) in [5.41, 5.74) is 1.79. The molecule has 1 aromatic heterocycles. The summed E-state index contributed by atoms with van der Waals surface area (Å²) < 4.78 is 5.46. The van der Waals surface area contributed by atoms with Crippen LogP contribution in [0.5, 0.6) is 0 Å². The highest BCUT2D eigenvalue weighted by Gasteiger charge is 2.27. The van der Waals surface area contributed by atoms with Crippen molar-refractivity contribution in [1.29, 1.82) is 0 Å². The van der Waals surface area contributed by atoms with E-state index in [0.29, 0.717) is 18.2 Å². The fourth-order valence-corrected chi connectivity index (χ4v) is 3.70. The molecule has 0 aliphatic carbocycles. The van der Waals surface area contributed by atoms with Crippen molar-refractivity contribution in [3.63, 3.8) is 0 Å². The zero-order valence-corrected chi connectivity index (χ0v) is 19.4. The summed E-state index contributed by atoms with van der Waals surface area (Å²) in [5.74, 6) is 0.0945. The van der Waals surface area contributed by atoms with Gasteiger partial charge in [-0.2, -0.15) is 0 Å². The van der Waals surface area contributed by atoms with Gasteiger partial charge < -0.3 is 15.0 Å². The molecule has 1 fully saturated rings. The highest BCUT2D eigenvalue weighted by atomic mass is 35.5. The van der Waals surface area contributed by atoms with Crippen LogP contribution in [0.1, 0.15) is 44.0 Å². The van der Waals surface area contributed by atoms with Crippen molar-refractivity contribution in [2.24, 2.45) is 5.92 Å². The average molecular weight is 444 g/mol. The second-order valence-corrected chi connectivity index (χ2v) is 7.66. The first kappa shape index (κ1) is 25.1. The van der Waals surface area contributed by atoms with E-state index >= 15 is 0 Å². The van der Waals surface area contributed by atoms with E-state index in [9.17, 15) is 4.79 Å². The molecule has 0 saturated carbocycles. The van der Waals surface area contributed by atoms with Crippen LogP contribution in [0.2, 0.25) is 5.02 Å². The van der Waals surface area contributed by atoms with E-state index in [2.05, 4.69) is 21.8 Å². The zero-order valence-electron chi connectivity index (χ0n) is 18.6. The lowest BCUT2D eigenvalue weighted by Gasteiger charge is -2.32. The number of ether oxygens (including phenoxy) is 1. The number of likely N-dealkylation sites (tertiary alicyclic amines) is 1. The Labute approximate surface area is 191 Å². The largest absolute Gasteiger partial charge is 0.376 e.